The van der Waals surface area contributed by atoms with Gasteiger partial charge in [-0.15, -0.1) is 0 Å². The molecule has 1 aromatic carbocycles. The van der Waals surface area contributed by atoms with Gasteiger partial charge in [-0.25, -0.2) is 9.78 Å². The van der Waals surface area contributed by atoms with Crippen LogP contribution in [0.3, 0.4) is 0 Å². The van der Waals surface area contributed by atoms with Crippen molar-refractivity contribution in [2.75, 3.05) is 13.2 Å². The number of carboxylic acid groups (broad SMARTS) is 1. The first-order valence-electron chi connectivity index (χ1n) is 12.4. The normalized spacial score (nSPS) is 15.8. The summed E-state index contributed by atoms with van der Waals surface area (Å²) < 4.78 is 11.6. The Morgan fingerprint density at radius 3 is 2.83 bits per heavy atom. The molecule has 188 valence electrons. The maximum Gasteiger partial charge on any atom is 0.331 e. The number of unbranched alkanes of at least 4 members (excludes halogenated alkanes) is 1. The lowest BCUT2D eigenvalue weighted by atomic mass is 9.92. The number of aromatic nitrogens is 1. The van der Waals surface area contributed by atoms with Gasteiger partial charge in [-0.2, -0.15) is 0 Å². The molecule has 7 heteroatoms. The monoisotopic (exact) mass is 480 g/mol. The van der Waals surface area contributed by atoms with E-state index in [4.69, 9.17) is 9.15 Å². The lowest BCUT2D eigenvalue weighted by molar-refractivity contribution is -0.149. The van der Waals surface area contributed by atoms with Crippen LogP contribution in [-0.4, -0.2) is 40.0 Å². The average molecular weight is 481 g/mol. The molecule has 1 aromatic heterocycles. The Bertz CT molecular complexity index is 1080. The van der Waals surface area contributed by atoms with Crippen molar-refractivity contribution >= 4 is 18.0 Å². The number of aliphatic carboxylic acids is 1. The maximum absolute atomic E-state index is 12.8. The fourth-order valence-corrected chi connectivity index (χ4v) is 4.09. The molecule has 0 saturated heterocycles. The summed E-state index contributed by atoms with van der Waals surface area (Å²) in [4.78, 5) is 30.9. The van der Waals surface area contributed by atoms with E-state index in [0.717, 1.165) is 36.3 Å². The number of nitrogens with zero attached hydrogens (tertiary/aromatic N) is 2. The van der Waals surface area contributed by atoms with E-state index in [1.165, 1.54) is 11.0 Å². The van der Waals surface area contributed by atoms with Gasteiger partial charge >= 0.3 is 5.97 Å². The molecule has 1 atom stereocenters. The Kier molecular flexibility index (Phi) is 9.29. The van der Waals surface area contributed by atoms with Gasteiger partial charge in [-0.1, -0.05) is 45.4 Å². The summed E-state index contributed by atoms with van der Waals surface area (Å²) in [6, 6.07) is 4.47. The third-order valence-corrected chi connectivity index (χ3v) is 5.96. The van der Waals surface area contributed by atoms with E-state index in [1.807, 2.05) is 37.3 Å². The Hall–Kier alpha value is -3.35. The number of hydrogen-bond acceptors (Lipinski definition) is 5. The van der Waals surface area contributed by atoms with Crippen LogP contribution in [0.25, 0.3) is 6.08 Å². The third-order valence-electron chi connectivity index (χ3n) is 5.96. The van der Waals surface area contributed by atoms with Crippen molar-refractivity contribution in [2.45, 2.75) is 65.8 Å². The molecule has 1 N–H and O–H groups in total. The summed E-state index contributed by atoms with van der Waals surface area (Å²) in [5.74, 6) is 1.04. The number of carbonyl (C=O) groups excluding carboxylic acids is 1. The van der Waals surface area contributed by atoms with Crippen LogP contribution in [0, 0.1) is 12.8 Å². The molecule has 1 aliphatic heterocycles. The lowest BCUT2D eigenvalue weighted by Crippen LogP contribution is -2.42. The van der Waals surface area contributed by atoms with E-state index in [1.54, 1.807) is 6.07 Å². The highest BCUT2D eigenvalue weighted by Gasteiger charge is 2.35. The molecular weight excluding hydrogens is 444 g/mol. The molecule has 7 nitrogen and oxygen atoms in total. The second kappa shape index (κ2) is 12.4. The highest BCUT2D eigenvalue weighted by molar-refractivity contribution is 5.92. The third kappa shape index (κ3) is 7.07. The molecule has 0 radical (unpaired) electrons. The van der Waals surface area contributed by atoms with E-state index >= 15 is 0 Å². The zero-order valence-electron chi connectivity index (χ0n) is 21.1. The summed E-state index contributed by atoms with van der Waals surface area (Å²) in [7, 11) is 0. The molecule has 3 rings (SSSR count). The quantitative estimate of drug-likeness (QED) is 0.425. The summed E-state index contributed by atoms with van der Waals surface area (Å²) in [6.45, 7) is 8.89. The topological polar surface area (TPSA) is 92.9 Å². The standard InChI is InChI=1S/C28H36N2O5/c1-5-6-7-10-25-29-24(20(4)35-25)15-17-34-22-13-12-21-14-16-30(26(31)11-8-9-19(2)3)27(28(32)33)23(21)18-22/h7-8,10-13,18-19,27H,5-6,9,14-17H2,1-4H3,(H,32,33)/b10-7+,11-8?. The Morgan fingerprint density at radius 1 is 1.31 bits per heavy atom. The van der Waals surface area contributed by atoms with Crippen LogP contribution in [0.1, 0.15) is 74.5 Å². The van der Waals surface area contributed by atoms with Crippen LogP contribution >= 0.6 is 0 Å². The number of carbonyl (C=O) groups is 2. The minimum absolute atomic E-state index is 0.277. The number of ether oxygens (including phenoxy) is 1. The molecule has 0 aliphatic carbocycles. The molecule has 1 amide bonds. The van der Waals surface area contributed by atoms with E-state index in [-0.39, 0.29) is 5.91 Å². The zero-order valence-corrected chi connectivity index (χ0v) is 21.1. The minimum Gasteiger partial charge on any atom is -0.493 e. The second-order valence-electron chi connectivity index (χ2n) is 9.26. The maximum atomic E-state index is 12.8. The Labute approximate surface area is 207 Å². The van der Waals surface area contributed by atoms with Crippen molar-refractivity contribution in [1.82, 2.24) is 9.88 Å². The second-order valence-corrected chi connectivity index (χ2v) is 9.26. The van der Waals surface area contributed by atoms with Crippen LogP contribution in [-0.2, 0) is 22.4 Å². The highest BCUT2D eigenvalue weighted by Crippen LogP contribution is 2.33. The van der Waals surface area contributed by atoms with Gasteiger partial charge in [0.25, 0.3) is 0 Å². The molecule has 0 saturated carbocycles. The molecule has 35 heavy (non-hydrogen) atoms. The van der Waals surface area contributed by atoms with Crippen LogP contribution in [0.15, 0.2) is 40.8 Å². The number of amides is 1. The van der Waals surface area contributed by atoms with Gasteiger partial charge in [0.15, 0.2) is 6.04 Å². The first kappa shape index (κ1) is 26.3. The van der Waals surface area contributed by atoms with Crippen molar-refractivity contribution in [3.63, 3.8) is 0 Å². The van der Waals surface area contributed by atoms with Crippen molar-refractivity contribution in [3.05, 3.63) is 64.9 Å². The molecule has 2 heterocycles. The van der Waals surface area contributed by atoms with Crippen molar-refractivity contribution in [1.29, 1.82) is 0 Å². The number of fused-ring (bicyclic) bond motifs is 1. The van der Waals surface area contributed by atoms with E-state index in [9.17, 15) is 14.7 Å². The van der Waals surface area contributed by atoms with E-state index < -0.39 is 12.0 Å². The van der Waals surface area contributed by atoms with Gasteiger partial charge in [-0.05, 0) is 67.5 Å². The van der Waals surface area contributed by atoms with E-state index in [2.05, 4.69) is 25.8 Å². The van der Waals surface area contributed by atoms with Crippen LogP contribution in [0.5, 0.6) is 5.75 Å². The SMILES string of the molecule is CCC/C=C/c1nc(CCOc2ccc3c(c2)C(C(=O)O)N(C(=O)C=CCC(C)C)CC3)c(C)o1. The molecule has 0 bridgehead atoms. The van der Waals surface area contributed by atoms with Gasteiger partial charge in [0, 0.05) is 13.0 Å². The van der Waals surface area contributed by atoms with Gasteiger partial charge in [0.2, 0.25) is 11.8 Å². The fraction of sp³-hybridized carbons (Fsp3) is 0.464. The van der Waals surface area contributed by atoms with Crippen LogP contribution in [0.4, 0.5) is 0 Å². The number of oxazole rings is 1. The van der Waals surface area contributed by atoms with Crippen LogP contribution < -0.4 is 4.74 Å². The van der Waals surface area contributed by atoms with Crippen molar-refractivity contribution in [3.8, 4) is 5.75 Å². The Balaban J connectivity index is 1.68. The van der Waals surface area contributed by atoms with E-state index in [0.29, 0.717) is 49.1 Å². The smallest absolute Gasteiger partial charge is 0.331 e. The fourth-order valence-electron chi connectivity index (χ4n) is 4.09. The molecule has 0 fully saturated rings. The van der Waals surface area contributed by atoms with Gasteiger partial charge in [0.1, 0.15) is 11.5 Å². The molecule has 0 spiro atoms. The van der Waals surface area contributed by atoms with Gasteiger partial charge in [0.05, 0.1) is 12.3 Å². The summed E-state index contributed by atoms with van der Waals surface area (Å²) in [6.07, 6.45) is 11.2. The first-order chi connectivity index (χ1) is 16.8. The summed E-state index contributed by atoms with van der Waals surface area (Å²) >= 11 is 0. The predicted octanol–water partition coefficient (Wildman–Crippen LogP) is 5.53. The summed E-state index contributed by atoms with van der Waals surface area (Å²) in [5.41, 5.74) is 2.37. The number of hydrogen-bond donors (Lipinski definition) is 1. The number of aryl methyl sites for hydroxylation is 1. The first-order valence-corrected chi connectivity index (χ1v) is 12.4. The zero-order chi connectivity index (χ0) is 25.4. The Morgan fingerprint density at radius 2 is 2.11 bits per heavy atom. The van der Waals surface area contributed by atoms with Gasteiger partial charge < -0.3 is 19.2 Å². The average Bonchev–Trinajstić information content (AvgIpc) is 3.17. The predicted molar refractivity (Wildman–Crippen MR) is 135 cm³/mol. The lowest BCUT2D eigenvalue weighted by Gasteiger charge is -2.34. The number of benzene rings is 1. The van der Waals surface area contributed by atoms with Gasteiger partial charge in [-0.3, -0.25) is 4.79 Å². The number of carboxylic acids is 1. The van der Waals surface area contributed by atoms with Crippen molar-refractivity contribution in [2.24, 2.45) is 5.92 Å². The molecular formula is C28H36N2O5. The number of allylic oxidation sites excluding steroid dienone is 2. The highest BCUT2D eigenvalue weighted by atomic mass is 16.5. The molecule has 2 aromatic rings. The van der Waals surface area contributed by atoms with Crippen LogP contribution in [0.2, 0.25) is 0 Å². The largest absolute Gasteiger partial charge is 0.493 e. The molecule has 1 aliphatic rings. The molecule has 1 unspecified atom stereocenters. The minimum atomic E-state index is -1.05. The summed E-state index contributed by atoms with van der Waals surface area (Å²) in [5, 5.41) is 9.96. The number of rotatable bonds is 11. The van der Waals surface area contributed by atoms with Crippen molar-refractivity contribution < 1.29 is 23.8 Å².